The second-order valence-electron chi connectivity index (χ2n) is 7.82. The van der Waals surface area contributed by atoms with Crippen LogP contribution < -0.4 is 15.0 Å². The lowest BCUT2D eigenvalue weighted by Gasteiger charge is -2.14. The first-order valence-corrected chi connectivity index (χ1v) is 11.7. The van der Waals surface area contributed by atoms with Crippen LogP contribution in [0, 0.1) is 0 Å². The van der Waals surface area contributed by atoms with Crippen molar-refractivity contribution < 1.29 is 31.1 Å². The zero-order valence-electron chi connectivity index (χ0n) is 19.3. The predicted octanol–water partition coefficient (Wildman–Crippen LogP) is 2.68. The van der Waals surface area contributed by atoms with Crippen molar-refractivity contribution in [2.75, 3.05) is 34.2 Å². The van der Waals surface area contributed by atoms with Gasteiger partial charge >= 0.3 is 6.18 Å². The Hall–Kier alpha value is -3.45. The van der Waals surface area contributed by atoms with E-state index in [0.717, 1.165) is 0 Å². The summed E-state index contributed by atoms with van der Waals surface area (Å²) < 4.78 is 77.4. The number of aromatic nitrogens is 3. The van der Waals surface area contributed by atoms with Gasteiger partial charge in [-0.3, -0.25) is 9.69 Å². The van der Waals surface area contributed by atoms with E-state index in [1.54, 1.807) is 18.2 Å². The van der Waals surface area contributed by atoms with Crippen LogP contribution in [0.15, 0.2) is 52.5 Å². The number of sulfone groups is 1. The summed E-state index contributed by atoms with van der Waals surface area (Å²) in [6, 6.07) is 8.12. The standard InChI is InChI=1S/C22H23F3N4O5S/c1-28(2)13-35(31,32)21-26-16(10-19(27-21)22(23,24)25)15-6-8-20(30)29(12-15)11-14-5-7-17(33-3)18(9-14)34-4/h5-10,12H,11,13H2,1-4H3. The van der Waals surface area contributed by atoms with Gasteiger partial charge in [0.2, 0.25) is 15.0 Å². The Labute approximate surface area is 199 Å². The Morgan fingerprint density at radius 2 is 1.69 bits per heavy atom. The highest BCUT2D eigenvalue weighted by Crippen LogP contribution is 2.31. The van der Waals surface area contributed by atoms with Gasteiger partial charge in [0, 0.05) is 17.8 Å². The van der Waals surface area contributed by atoms with Crippen molar-refractivity contribution in [3.05, 3.63) is 64.2 Å². The molecule has 9 nitrogen and oxygen atoms in total. The number of hydrogen-bond donors (Lipinski definition) is 0. The molecule has 0 amide bonds. The molecule has 3 aromatic rings. The lowest BCUT2D eigenvalue weighted by Crippen LogP contribution is -2.25. The summed E-state index contributed by atoms with van der Waals surface area (Å²) >= 11 is 0. The smallest absolute Gasteiger partial charge is 0.433 e. The molecular weight excluding hydrogens is 489 g/mol. The van der Waals surface area contributed by atoms with Crippen LogP contribution in [0.25, 0.3) is 11.3 Å². The van der Waals surface area contributed by atoms with Crippen molar-refractivity contribution in [3.8, 4) is 22.8 Å². The Balaban J connectivity index is 2.09. The molecule has 1 aromatic carbocycles. The fraction of sp³-hybridized carbons (Fsp3) is 0.318. The van der Waals surface area contributed by atoms with E-state index in [1.165, 1.54) is 56.1 Å². The van der Waals surface area contributed by atoms with Crippen molar-refractivity contribution in [2.24, 2.45) is 0 Å². The molecule has 0 aliphatic carbocycles. The lowest BCUT2D eigenvalue weighted by molar-refractivity contribution is -0.141. The third kappa shape index (κ3) is 6.17. The fourth-order valence-electron chi connectivity index (χ4n) is 3.24. The molecule has 0 N–H and O–H groups in total. The monoisotopic (exact) mass is 512 g/mol. The molecule has 0 aliphatic heterocycles. The Kier molecular flexibility index (Phi) is 7.50. The van der Waals surface area contributed by atoms with Crippen molar-refractivity contribution >= 4 is 9.84 Å². The minimum absolute atomic E-state index is 0.0655. The molecule has 0 bridgehead atoms. The minimum Gasteiger partial charge on any atom is -0.493 e. The van der Waals surface area contributed by atoms with Gasteiger partial charge in [-0.2, -0.15) is 13.2 Å². The van der Waals surface area contributed by atoms with Crippen LogP contribution in [0.3, 0.4) is 0 Å². The first kappa shape index (κ1) is 26.2. The highest BCUT2D eigenvalue weighted by molar-refractivity contribution is 7.91. The Bertz CT molecular complexity index is 1390. The molecule has 13 heteroatoms. The van der Waals surface area contributed by atoms with Crippen LogP contribution in [0.2, 0.25) is 0 Å². The van der Waals surface area contributed by atoms with Gasteiger partial charge in [0.25, 0.3) is 5.56 Å². The molecule has 0 fully saturated rings. The van der Waals surface area contributed by atoms with Crippen molar-refractivity contribution in [1.82, 2.24) is 19.4 Å². The lowest BCUT2D eigenvalue weighted by atomic mass is 10.1. The summed E-state index contributed by atoms with van der Waals surface area (Å²) in [6.07, 6.45) is -3.60. The summed E-state index contributed by atoms with van der Waals surface area (Å²) in [5.41, 5.74) is -1.34. The zero-order valence-corrected chi connectivity index (χ0v) is 20.1. The maximum Gasteiger partial charge on any atom is 0.433 e. The predicted molar refractivity (Wildman–Crippen MR) is 121 cm³/mol. The number of nitrogens with zero attached hydrogens (tertiary/aromatic N) is 4. The van der Waals surface area contributed by atoms with E-state index in [0.29, 0.717) is 23.1 Å². The fourth-order valence-corrected chi connectivity index (χ4v) is 4.51. The summed E-state index contributed by atoms with van der Waals surface area (Å²) in [6.45, 7) is 0.0655. The maximum atomic E-state index is 13.5. The second-order valence-corrected chi connectivity index (χ2v) is 9.67. The van der Waals surface area contributed by atoms with Crippen LogP contribution in [0.4, 0.5) is 13.2 Å². The molecule has 35 heavy (non-hydrogen) atoms. The number of benzene rings is 1. The molecule has 0 saturated heterocycles. The number of halogens is 3. The SMILES string of the molecule is COc1ccc(Cn2cc(-c3cc(C(F)(F)F)nc(S(=O)(=O)CN(C)C)n3)ccc2=O)cc1OC. The van der Waals surface area contributed by atoms with E-state index in [4.69, 9.17) is 9.47 Å². The van der Waals surface area contributed by atoms with Gasteiger partial charge in [0.05, 0.1) is 26.5 Å². The van der Waals surface area contributed by atoms with E-state index < -0.39 is 38.3 Å². The maximum absolute atomic E-state index is 13.5. The molecule has 3 rings (SSSR count). The molecule has 0 atom stereocenters. The highest BCUT2D eigenvalue weighted by Gasteiger charge is 2.35. The van der Waals surface area contributed by atoms with Crippen LogP contribution in [-0.4, -0.2) is 62.0 Å². The summed E-state index contributed by atoms with van der Waals surface area (Å²) in [4.78, 5) is 20.9. The number of alkyl halides is 3. The molecule has 0 spiro atoms. The molecule has 2 aromatic heterocycles. The number of pyridine rings is 1. The second kappa shape index (κ2) is 10.0. The number of rotatable bonds is 8. The molecular formula is C22H23F3N4O5S. The average molecular weight is 513 g/mol. The topological polar surface area (TPSA) is 104 Å². The van der Waals surface area contributed by atoms with Gasteiger partial charge in [0.15, 0.2) is 11.5 Å². The largest absolute Gasteiger partial charge is 0.493 e. The van der Waals surface area contributed by atoms with Gasteiger partial charge in [-0.25, -0.2) is 18.4 Å². The van der Waals surface area contributed by atoms with E-state index >= 15 is 0 Å². The summed E-state index contributed by atoms with van der Waals surface area (Å²) in [5.74, 6) is 0.354. The average Bonchev–Trinajstić information content (AvgIpc) is 2.78. The molecule has 0 aliphatic rings. The van der Waals surface area contributed by atoms with Crippen molar-refractivity contribution in [2.45, 2.75) is 17.9 Å². The molecule has 0 unspecified atom stereocenters. The quantitative estimate of drug-likeness (QED) is 0.425. The van der Waals surface area contributed by atoms with Gasteiger partial charge < -0.3 is 14.0 Å². The zero-order chi connectivity index (χ0) is 26.0. The Morgan fingerprint density at radius 1 is 1.00 bits per heavy atom. The van der Waals surface area contributed by atoms with Crippen LogP contribution in [-0.2, 0) is 22.6 Å². The van der Waals surface area contributed by atoms with E-state index in [2.05, 4.69) is 9.97 Å². The van der Waals surface area contributed by atoms with E-state index in [1.807, 2.05) is 0 Å². The minimum atomic E-state index is -4.91. The van der Waals surface area contributed by atoms with Crippen LogP contribution in [0.1, 0.15) is 11.3 Å². The molecule has 0 saturated carbocycles. The van der Waals surface area contributed by atoms with Crippen molar-refractivity contribution in [1.29, 1.82) is 0 Å². The van der Waals surface area contributed by atoms with Crippen molar-refractivity contribution in [3.63, 3.8) is 0 Å². The normalized spacial score (nSPS) is 12.1. The van der Waals surface area contributed by atoms with Crippen LogP contribution in [0.5, 0.6) is 11.5 Å². The third-order valence-corrected chi connectivity index (χ3v) is 6.38. The highest BCUT2D eigenvalue weighted by atomic mass is 32.2. The summed E-state index contributed by atoms with van der Waals surface area (Å²) in [5, 5.41) is -0.950. The van der Waals surface area contributed by atoms with Gasteiger partial charge in [-0.1, -0.05) is 6.07 Å². The summed E-state index contributed by atoms with van der Waals surface area (Å²) in [7, 11) is 1.61. The number of hydrogen-bond acceptors (Lipinski definition) is 8. The van der Waals surface area contributed by atoms with Gasteiger partial charge in [-0.05, 0) is 43.9 Å². The molecule has 188 valence electrons. The third-order valence-electron chi connectivity index (χ3n) is 4.78. The van der Waals surface area contributed by atoms with Gasteiger partial charge in [-0.15, -0.1) is 0 Å². The van der Waals surface area contributed by atoms with E-state index in [9.17, 15) is 26.4 Å². The molecule has 0 radical (unpaired) electrons. The first-order valence-electron chi connectivity index (χ1n) is 10.1. The molecule has 2 heterocycles. The number of methoxy groups -OCH3 is 2. The van der Waals surface area contributed by atoms with E-state index in [-0.39, 0.29) is 17.8 Å². The Morgan fingerprint density at radius 3 is 2.29 bits per heavy atom. The first-order chi connectivity index (χ1) is 16.3. The van der Waals surface area contributed by atoms with Gasteiger partial charge in [0.1, 0.15) is 11.6 Å². The number of ether oxygens (including phenoxy) is 2. The van der Waals surface area contributed by atoms with Crippen LogP contribution >= 0.6 is 0 Å².